The summed E-state index contributed by atoms with van der Waals surface area (Å²) in [5, 5.41) is 6.26. The van der Waals surface area contributed by atoms with Crippen LogP contribution in [-0.2, 0) is 22.7 Å². The van der Waals surface area contributed by atoms with Crippen molar-refractivity contribution in [2.24, 2.45) is 4.99 Å². The fraction of sp³-hybridized carbons (Fsp3) is 0.350. The molecule has 0 aliphatic carbocycles. The second kappa shape index (κ2) is 12.1. The van der Waals surface area contributed by atoms with E-state index < -0.39 is 21.5 Å². The first-order valence-corrected chi connectivity index (χ1v) is 10.9. The van der Waals surface area contributed by atoms with Crippen LogP contribution in [-0.4, -0.2) is 40.3 Å². The van der Waals surface area contributed by atoms with Gasteiger partial charge >= 0.3 is 0 Å². The standard InChI is InChI=1S/C20H25F2N3O2S.HI/c1-3-23-20(25-11-9-16-12-17(21)14-18(22)13-16)24-10-8-15-4-6-19(7-5-15)28(2,26)27;/h4-7,12-14H,3,8-11H2,1-2H3,(H2,23,24,25);1H. The highest BCUT2D eigenvalue weighted by atomic mass is 127. The van der Waals surface area contributed by atoms with E-state index in [0.29, 0.717) is 48.9 Å². The van der Waals surface area contributed by atoms with Crippen LogP contribution in [0.4, 0.5) is 8.78 Å². The molecule has 0 saturated heterocycles. The molecule has 0 atom stereocenters. The topological polar surface area (TPSA) is 70.6 Å². The number of rotatable bonds is 8. The molecular formula is C20H26F2IN3O2S. The molecule has 0 heterocycles. The SMILES string of the molecule is CCNC(=NCCc1ccc(S(C)(=O)=O)cc1)NCCc1cc(F)cc(F)c1.I. The molecule has 0 radical (unpaired) electrons. The van der Waals surface area contributed by atoms with Gasteiger partial charge in [0.15, 0.2) is 15.8 Å². The van der Waals surface area contributed by atoms with Crippen molar-refractivity contribution in [2.75, 3.05) is 25.9 Å². The van der Waals surface area contributed by atoms with Crippen LogP contribution in [0.3, 0.4) is 0 Å². The van der Waals surface area contributed by atoms with Crippen molar-refractivity contribution < 1.29 is 17.2 Å². The van der Waals surface area contributed by atoms with Gasteiger partial charge in [0.1, 0.15) is 11.6 Å². The minimum atomic E-state index is -3.19. The Labute approximate surface area is 188 Å². The highest BCUT2D eigenvalue weighted by molar-refractivity contribution is 14.0. The van der Waals surface area contributed by atoms with Gasteiger partial charge in [0.25, 0.3) is 0 Å². The van der Waals surface area contributed by atoms with Crippen LogP contribution in [0.5, 0.6) is 0 Å². The van der Waals surface area contributed by atoms with Crippen LogP contribution in [0, 0.1) is 11.6 Å². The second-order valence-corrected chi connectivity index (χ2v) is 8.40. The van der Waals surface area contributed by atoms with Crippen molar-refractivity contribution in [3.8, 4) is 0 Å². The maximum absolute atomic E-state index is 13.2. The highest BCUT2D eigenvalue weighted by Gasteiger charge is 2.06. The monoisotopic (exact) mass is 537 g/mol. The zero-order chi connectivity index (χ0) is 20.6. The molecule has 2 aromatic rings. The molecule has 0 spiro atoms. The van der Waals surface area contributed by atoms with E-state index in [0.717, 1.165) is 11.6 Å². The lowest BCUT2D eigenvalue weighted by Crippen LogP contribution is -2.38. The number of guanidine groups is 1. The van der Waals surface area contributed by atoms with E-state index in [-0.39, 0.29) is 24.0 Å². The predicted octanol–water partition coefficient (Wildman–Crippen LogP) is 3.33. The number of hydrogen-bond acceptors (Lipinski definition) is 3. The summed E-state index contributed by atoms with van der Waals surface area (Å²) in [6.07, 6.45) is 2.31. The van der Waals surface area contributed by atoms with Gasteiger partial charge < -0.3 is 10.6 Å². The molecule has 0 bridgehead atoms. The fourth-order valence-electron chi connectivity index (χ4n) is 2.62. The lowest BCUT2D eigenvalue weighted by molar-refractivity contribution is 0.579. The first-order chi connectivity index (χ1) is 13.3. The summed E-state index contributed by atoms with van der Waals surface area (Å²) in [5.41, 5.74) is 1.56. The van der Waals surface area contributed by atoms with Crippen LogP contribution < -0.4 is 10.6 Å². The summed E-state index contributed by atoms with van der Waals surface area (Å²) in [6.45, 7) is 3.63. The molecule has 0 amide bonds. The van der Waals surface area contributed by atoms with Crippen LogP contribution in [0.1, 0.15) is 18.1 Å². The van der Waals surface area contributed by atoms with Gasteiger partial charge in [-0.2, -0.15) is 0 Å². The van der Waals surface area contributed by atoms with Crippen molar-refractivity contribution in [3.63, 3.8) is 0 Å². The van der Waals surface area contributed by atoms with Crippen molar-refractivity contribution >= 4 is 39.8 Å². The van der Waals surface area contributed by atoms with E-state index in [9.17, 15) is 17.2 Å². The Morgan fingerprint density at radius 3 is 2.14 bits per heavy atom. The van der Waals surface area contributed by atoms with Gasteiger partial charge in [0.2, 0.25) is 0 Å². The molecule has 0 aliphatic heterocycles. The molecular weight excluding hydrogens is 511 g/mol. The van der Waals surface area contributed by atoms with Gasteiger partial charge in [-0.3, -0.25) is 4.99 Å². The van der Waals surface area contributed by atoms with Gasteiger partial charge in [-0.05, 0) is 55.2 Å². The Hall–Kier alpha value is -1.75. The average molecular weight is 537 g/mol. The van der Waals surface area contributed by atoms with E-state index in [1.807, 2.05) is 6.92 Å². The van der Waals surface area contributed by atoms with Crippen LogP contribution in [0.25, 0.3) is 0 Å². The third kappa shape index (κ3) is 9.07. The summed E-state index contributed by atoms with van der Waals surface area (Å²) < 4.78 is 49.4. The van der Waals surface area contributed by atoms with Crippen molar-refractivity contribution in [1.29, 1.82) is 0 Å². The van der Waals surface area contributed by atoms with E-state index >= 15 is 0 Å². The van der Waals surface area contributed by atoms with E-state index in [1.165, 1.54) is 18.4 Å². The first-order valence-electron chi connectivity index (χ1n) is 9.04. The van der Waals surface area contributed by atoms with Crippen molar-refractivity contribution in [3.05, 3.63) is 65.2 Å². The molecule has 0 aliphatic rings. The maximum Gasteiger partial charge on any atom is 0.191 e. The molecule has 0 fully saturated rings. The number of benzene rings is 2. The molecule has 5 nitrogen and oxygen atoms in total. The Balaban J connectivity index is 0.00000420. The minimum absolute atomic E-state index is 0. The van der Waals surface area contributed by atoms with Crippen molar-refractivity contribution in [2.45, 2.75) is 24.7 Å². The molecule has 0 unspecified atom stereocenters. The number of nitrogens with one attached hydrogen (secondary N) is 2. The number of sulfone groups is 1. The summed E-state index contributed by atoms with van der Waals surface area (Å²) in [6, 6.07) is 10.2. The molecule has 2 N–H and O–H groups in total. The Morgan fingerprint density at radius 1 is 0.966 bits per heavy atom. The summed E-state index contributed by atoms with van der Waals surface area (Å²) in [5.74, 6) is -0.554. The maximum atomic E-state index is 13.2. The van der Waals surface area contributed by atoms with Crippen LogP contribution >= 0.6 is 24.0 Å². The first kappa shape index (κ1) is 25.3. The van der Waals surface area contributed by atoms with E-state index in [1.54, 1.807) is 24.3 Å². The Kier molecular flexibility index (Phi) is 10.5. The quantitative estimate of drug-likeness (QED) is 0.308. The molecule has 2 rings (SSSR count). The van der Waals surface area contributed by atoms with Crippen molar-refractivity contribution in [1.82, 2.24) is 10.6 Å². The minimum Gasteiger partial charge on any atom is -0.357 e. The third-order valence-electron chi connectivity index (χ3n) is 3.99. The van der Waals surface area contributed by atoms with Gasteiger partial charge in [-0.1, -0.05) is 12.1 Å². The van der Waals surface area contributed by atoms with Gasteiger partial charge in [0, 0.05) is 32.0 Å². The molecule has 160 valence electrons. The largest absolute Gasteiger partial charge is 0.357 e. The molecule has 29 heavy (non-hydrogen) atoms. The Bertz CT molecular complexity index is 900. The highest BCUT2D eigenvalue weighted by Crippen LogP contribution is 2.11. The average Bonchev–Trinajstić information content (AvgIpc) is 2.60. The van der Waals surface area contributed by atoms with Gasteiger partial charge in [-0.15, -0.1) is 24.0 Å². The summed E-state index contributed by atoms with van der Waals surface area (Å²) in [4.78, 5) is 4.77. The normalized spacial score (nSPS) is 11.7. The van der Waals surface area contributed by atoms with Gasteiger partial charge in [0.05, 0.1) is 4.90 Å². The zero-order valence-electron chi connectivity index (χ0n) is 16.4. The lowest BCUT2D eigenvalue weighted by Gasteiger charge is -2.11. The molecule has 0 aromatic heterocycles. The second-order valence-electron chi connectivity index (χ2n) is 6.38. The van der Waals surface area contributed by atoms with E-state index in [4.69, 9.17) is 0 Å². The number of aliphatic imine (C=N–C) groups is 1. The van der Waals surface area contributed by atoms with Gasteiger partial charge in [-0.25, -0.2) is 17.2 Å². The zero-order valence-corrected chi connectivity index (χ0v) is 19.6. The summed E-state index contributed by atoms with van der Waals surface area (Å²) in [7, 11) is -3.19. The Morgan fingerprint density at radius 2 is 1.59 bits per heavy atom. The fourth-order valence-corrected chi connectivity index (χ4v) is 3.25. The van der Waals surface area contributed by atoms with Crippen LogP contribution in [0.2, 0.25) is 0 Å². The van der Waals surface area contributed by atoms with Crippen LogP contribution in [0.15, 0.2) is 52.4 Å². The summed E-state index contributed by atoms with van der Waals surface area (Å²) >= 11 is 0. The molecule has 2 aromatic carbocycles. The third-order valence-corrected chi connectivity index (χ3v) is 5.12. The molecule has 9 heteroatoms. The lowest BCUT2D eigenvalue weighted by atomic mass is 10.1. The molecule has 0 saturated carbocycles. The number of halogens is 3. The predicted molar refractivity (Wildman–Crippen MR) is 123 cm³/mol. The van der Waals surface area contributed by atoms with E-state index in [2.05, 4.69) is 15.6 Å². The number of hydrogen-bond donors (Lipinski definition) is 2. The number of nitrogens with zero attached hydrogens (tertiary/aromatic N) is 1. The smallest absolute Gasteiger partial charge is 0.191 e.